The van der Waals surface area contributed by atoms with Crippen LogP contribution in [0.15, 0.2) is 16.6 Å². The quantitative estimate of drug-likeness (QED) is 0.501. The second kappa shape index (κ2) is 4.46. The zero-order valence-corrected chi connectivity index (χ0v) is 11.4. The molecule has 0 unspecified atom stereocenters. The van der Waals surface area contributed by atoms with Gasteiger partial charge in [-0.1, -0.05) is 41.5 Å². The smallest absolute Gasteiger partial charge is 0.142 e. The summed E-state index contributed by atoms with van der Waals surface area (Å²) < 4.78 is 27.0. The number of benzene rings is 1. The second-order valence-corrected chi connectivity index (χ2v) is 9.91. The molecule has 0 aliphatic carbocycles. The zero-order valence-electron chi connectivity index (χ0n) is 8.79. The first-order valence-electron chi connectivity index (χ1n) is 4.47. The van der Waals surface area contributed by atoms with Crippen molar-refractivity contribution in [2.75, 3.05) is 0 Å². The Bertz CT molecular complexity index is 415. The first-order chi connectivity index (χ1) is 6.79. The third-order valence-corrected chi connectivity index (χ3v) is 2.90. The van der Waals surface area contributed by atoms with E-state index in [-0.39, 0.29) is 5.56 Å². The zero-order chi connectivity index (χ0) is 11.6. The highest BCUT2D eigenvalue weighted by atomic mass is 79.9. The molecule has 0 heterocycles. The number of halogens is 3. The molecule has 1 rings (SSSR count). The maximum Gasteiger partial charge on any atom is 0.142 e. The summed E-state index contributed by atoms with van der Waals surface area (Å²) in [7, 11) is -1.61. The molecule has 0 N–H and O–H groups in total. The molecule has 0 amide bonds. The molecule has 4 heteroatoms. The molecule has 0 fully saturated rings. The van der Waals surface area contributed by atoms with Crippen molar-refractivity contribution in [3.05, 3.63) is 33.8 Å². The van der Waals surface area contributed by atoms with Crippen LogP contribution in [0.4, 0.5) is 8.78 Å². The molecule has 0 saturated carbocycles. The van der Waals surface area contributed by atoms with E-state index in [9.17, 15) is 8.78 Å². The number of hydrogen-bond donors (Lipinski definition) is 0. The van der Waals surface area contributed by atoms with Crippen LogP contribution >= 0.6 is 15.9 Å². The average Bonchev–Trinajstić information content (AvgIpc) is 1.99. The van der Waals surface area contributed by atoms with Crippen LogP contribution in [0.3, 0.4) is 0 Å². The summed E-state index contributed by atoms with van der Waals surface area (Å²) in [6, 6.07) is 2.44. The summed E-state index contributed by atoms with van der Waals surface area (Å²) in [6.07, 6.45) is 0. The summed E-state index contributed by atoms with van der Waals surface area (Å²) in [4.78, 5) is 0. The molecular formula is C11H11BrF2Si. The van der Waals surface area contributed by atoms with Crippen molar-refractivity contribution >= 4 is 24.0 Å². The Kier molecular flexibility index (Phi) is 3.69. The molecule has 0 aromatic heterocycles. The summed E-state index contributed by atoms with van der Waals surface area (Å²) in [5, 5.41) is 0. The largest absolute Gasteiger partial charge is 0.205 e. The SMILES string of the molecule is C[Si](C)(C)C#Cc1c(F)cc(Br)cc1F. The van der Waals surface area contributed by atoms with Gasteiger partial charge < -0.3 is 0 Å². The standard InChI is InChI=1S/C11H11BrF2Si/c1-15(2,3)5-4-9-10(13)6-8(12)7-11(9)14/h6-7H,1-3H3. The summed E-state index contributed by atoms with van der Waals surface area (Å²) in [5.74, 6) is 1.35. The van der Waals surface area contributed by atoms with Crippen molar-refractivity contribution in [2.24, 2.45) is 0 Å². The van der Waals surface area contributed by atoms with Gasteiger partial charge in [-0.3, -0.25) is 0 Å². The molecule has 80 valence electrons. The summed E-state index contributed by atoms with van der Waals surface area (Å²) >= 11 is 3.02. The predicted molar refractivity (Wildman–Crippen MR) is 64.3 cm³/mol. The third-order valence-electron chi connectivity index (χ3n) is 1.57. The Morgan fingerprint density at radius 1 is 1.13 bits per heavy atom. The van der Waals surface area contributed by atoms with Gasteiger partial charge in [-0.05, 0) is 12.1 Å². The average molecular weight is 289 g/mol. The lowest BCUT2D eigenvalue weighted by molar-refractivity contribution is 0.576. The molecule has 0 bridgehead atoms. The lowest BCUT2D eigenvalue weighted by Crippen LogP contribution is -2.16. The number of hydrogen-bond acceptors (Lipinski definition) is 0. The fourth-order valence-corrected chi connectivity index (χ4v) is 1.81. The number of rotatable bonds is 0. The van der Waals surface area contributed by atoms with Gasteiger partial charge in [0.05, 0.1) is 5.56 Å². The Hall–Kier alpha value is -0.663. The first-order valence-corrected chi connectivity index (χ1v) is 8.76. The van der Waals surface area contributed by atoms with E-state index in [2.05, 4.69) is 27.4 Å². The maximum absolute atomic E-state index is 13.3. The molecule has 1 aromatic rings. The molecular weight excluding hydrogens is 278 g/mol. The summed E-state index contributed by atoms with van der Waals surface area (Å²) in [6.45, 7) is 6.07. The molecule has 1 aromatic carbocycles. The van der Waals surface area contributed by atoms with E-state index in [1.807, 2.05) is 19.6 Å². The van der Waals surface area contributed by atoms with E-state index < -0.39 is 19.7 Å². The Morgan fingerprint density at radius 3 is 2.00 bits per heavy atom. The van der Waals surface area contributed by atoms with Gasteiger partial charge >= 0.3 is 0 Å². The van der Waals surface area contributed by atoms with E-state index in [1.54, 1.807) is 0 Å². The van der Waals surface area contributed by atoms with Crippen LogP contribution in [0.2, 0.25) is 19.6 Å². The van der Waals surface area contributed by atoms with Crippen molar-refractivity contribution in [1.82, 2.24) is 0 Å². The molecule has 0 nitrogen and oxygen atoms in total. The highest BCUT2D eigenvalue weighted by Gasteiger charge is 2.11. The van der Waals surface area contributed by atoms with Gasteiger partial charge in [0.2, 0.25) is 0 Å². The van der Waals surface area contributed by atoms with Gasteiger partial charge in [0, 0.05) is 4.47 Å². The van der Waals surface area contributed by atoms with E-state index in [0.717, 1.165) is 0 Å². The van der Waals surface area contributed by atoms with Crippen LogP contribution in [0.25, 0.3) is 0 Å². The Labute approximate surface area is 97.8 Å². The first kappa shape index (κ1) is 12.4. The van der Waals surface area contributed by atoms with E-state index in [0.29, 0.717) is 4.47 Å². The van der Waals surface area contributed by atoms with Crippen molar-refractivity contribution in [3.8, 4) is 11.5 Å². The van der Waals surface area contributed by atoms with E-state index in [1.165, 1.54) is 12.1 Å². The Morgan fingerprint density at radius 2 is 1.60 bits per heavy atom. The van der Waals surface area contributed by atoms with E-state index in [4.69, 9.17) is 0 Å². The minimum Gasteiger partial charge on any atom is -0.205 e. The molecule has 0 atom stereocenters. The maximum atomic E-state index is 13.3. The predicted octanol–water partition coefficient (Wildman–Crippen LogP) is 3.96. The lowest BCUT2D eigenvalue weighted by Gasteiger charge is -2.04. The van der Waals surface area contributed by atoms with Crippen molar-refractivity contribution in [3.63, 3.8) is 0 Å². The van der Waals surface area contributed by atoms with Crippen LogP contribution < -0.4 is 0 Å². The van der Waals surface area contributed by atoms with Crippen molar-refractivity contribution in [2.45, 2.75) is 19.6 Å². The normalized spacial score (nSPS) is 10.8. The van der Waals surface area contributed by atoms with Gasteiger partial charge in [-0.25, -0.2) is 8.78 Å². The van der Waals surface area contributed by atoms with Crippen LogP contribution in [0, 0.1) is 23.1 Å². The fraction of sp³-hybridized carbons (Fsp3) is 0.273. The topological polar surface area (TPSA) is 0 Å². The highest BCUT2D eigenvalue weighted by molar-refractivity contribution is 9.10. The van der Waals surface area contributed by atoms with E-state index >= 15 is 0 Å². The van der Waals surface area contributed by atoms with Crippen LogP contribution in [-0.4, -0.2) is 8.07 Å². The molecule has 0 spiro atoms. The Balaban J connectivity index is 3.20. The minimum absolute atomic E-state index is 0.138. The molecule has 15 heavy (non-hydrogen) atoms. The second-order valence-electron chi connectivity index (χ2n) is 4.24. The minimum atomic E-state index is -1.61. The van der Waals surface area contributed by atoms with Crippen LogP contribution in [-0.2, 0) is 0 Å². The monoisotopic (exact) mass is 288 g/mol. The molecule has 0 radical (unpaired) electrons. The third kappa shape index (κ3) is 3.77. The molecule has 0 aliphatic rings. The van der Waals surface area contributed by atoms with Crippen LogP contribution in [0.1, 0.15) is 5.56 Å². The van der Waals surface area contributed by atoms with Gasteiger partial charge in [0.25, 0.3) is 0 Å². The van der Waals surface area contributed by atoms with Crippen LogP contribution in [0.5, 0.6) is 0 Å². The van der Waals surface area contributed by atoms with Gasteiger partial charge in [-0.2, -0.15) is 0 Å². The molecule has 0 aliphatic heterocycles. The van der Waals surface area contributed by atoms with Gasteiger partial charge in [0.15, 0.2) is 0 Å². The molecule has 0 saturated heterocycles. The van der Waals surface area contributed by atoms with Gasteiger partial charge in [0.1, 0.15) is 19.7 Å². The van der Waals surface area contributed by atoms with Crippen molar-refractivity contribution in [1.29, 1.82) is 0 Å². The van der Waals surface area contributed by atoms with Crippen molar-refractivity contribution < 1.29 is 8.78 Å². The fourth-order valence-electron chi connectivity index (χ4n) is 0.912. The summed E-state index contributed by atoms with van der Waals surface area (Å²) in [5.41, 5.74) is 2.79. The lowest BCUT2D eigenvalue weighted by atomic mass is 10.2. The highest BCUT2D eigenvalue weighted by Crippen LogP contribution is 2.18. The van der Waals surface area contributed by atoms with Gasteiger partial charge in [-0.15, -0.1) is 5.54 Å².